The highest BCUT2D eigenvalue weighted by atomic mass is 32.2. The summed E-state index contributed by atoms with van der Waals surface area (Å²) in [6.45, 7) is 1.77. The van der Waals surface area contributed by atoms with E-state index in [2.05, 4.69) is 4.72 Å². The lowest BCUT2D eigenvalue weighted by Crippen LogP contribution is -2.37. The van der Waals surface area contributed by atoms with E-state index in [0.29, 0.717) is 19.3 Å². The van der Waals surface area contributed by atoms with Crippen LogP contribution in [0, 0.1) is 0 Å². The summed E-state index contributed by atoms with van der Waals surface area (Å²) in [5.74, 6) is -0.977. The van der Waals surface area contributed by atoms with E-state index in [9.17, 15) is 13.2 Å². The highest BCUT2D eigenvalue weighted by molar-refractivity contribution is 7.90. The number of hydrogen-bond acceptors (Lipinski definition) is 3. The Morgan fingerprint density at radius 2 is 2.14 bits per heavy atom. The van der Waals surface area contributed by atoms with Crippen molar-refractivity contribution in [2.24, 2.45) is 0 Å². The Labute approximate surface area is 83.6 Å². The molecule has 0 saturated heterocycles. The summed E-state index contributed by atoms with van der Waals surface area (Å²) in [6.07, 6.45) is 1.73. The fourth-order valence-electron chi connectivity index (χ4n) is 1.19. The van der Waals surface area contributed by atoms with Gasteiger partial charge in [0.05, 0.1) is 11.7 Å². The maximum atomic E-state index is 11.4. The van der Waals surface area contributed by atoms with E-state index >= 15 is 0 Å². The van der Waals surface area contributed by atoms with Gasteiger partial charge in [0, 0.05) is 6.04 Å². The Balaban J connectivity index is 2.50. The van der Waals surface area contributed by atoms with Gasteiger partial charge in [0.25, 0.3) is 0 Å². The second-order valence-corrected chi connectivity index (χ2v) is 5.56. The first kappa shape index (κ1) is 11.5. The molecule has 14 heavy (non-hydrogen) atoms. The molecule has 2 N–H and O–H groups in total. The van der Waals surface area contributed by atoms with Gasteiger partial charge in [-0.2, -0.15) is 0 Å². The van der Waals surface area contributed by atoms with Crippen molar-refractivity contribution >= 4 is 16.0 Å². The van der Waals surface area contributed by atoms with Crippen molar-refractivity contribution in [2.45, 2.75) is 43.9 Å². The summed E-state index contributed by atoms with van der Waals surface area (Å²) in [7, 11) is -3.26. The highest BCUT2D eigenvalue weighted by Crippen LogP contribution is 2.27. The minimum atomic E-state index is -3.26. The molecule has 1 atom stereocenters. The van der Waals surface area contributed by atoms with Crippen LogP contribution < -0.4 is 4.72 Å². The molecule has 6 heteroatoms. The quantitative estimate of drug-likeness (QED) is 0.676. The molecule has 0 heterocycles. The predicted molar refractivity (Wildman–Crippen MR) is 51.4 cm³/mol. The average Bonchev–Trinajstić information content (AvgIpc) is 2.83. The van der Waals surface area contributed by atoms with Gasteiger partial charge in [-0.25, -0.2) is 13.1 Å². The van der Waals surface area contributed by atoms with Crippen LogP contribution in [0.4, 0.5) is 0 Å². The molecular weight excluding hydrogens is 206 g/mol. The van der Waals surface area contributed by atoms with Crippen LogP contribution in [0.15, 0.2) is 0 Å². The van der Waals surface area contributed by atoms with Gasteiger partial charge in [0.2, 0.25) is 10.0 Å². The predicted octanol–water partition coefficient (Wildman–Crippen LogP) is 0.322. The van der Waals surface area contributed by atoms with E-state index in [0.717, 1.165) is 0 Å². The minimum absolute atomic E-state index is 0.150. The number of carboxylic acid groups (broad SMARTS) is 1. The summed E-state index contributed by atoms with van der Waals surface area (Å²) < 4.78 is 25.3. The second-order valence-electron chi connectivity index (χ2n) is 3.57. The standard InChI is InChI=1S/C8H15NO4S/c1-2-6(5-8(10)11)9-14(12,13)7-3-4-7/h6-7,9H,2-5H2,1H3,(H,10,11). The van der Waals surface area contributed by atoms with Gasteiger partial charge in [-0.1, -0.05) is 6.92 Å². The topological polar surface area (TPSA) is 83.5 Å². The van der Waals surface area contributed by atoms with Crippen molar-refractivity contribution in [3.8, 4) is 0 Å². The summed E-state index contributed by atoms with van der Waals surface area (Å²) in [6, 6.07) is -0.474. The molecule has 82 valence electrons. The van der Waals surface area contributed by atoms with Gasteiger partial charge >= 0.3 is 5.97 Å². The van der Waals surface area contributed by atoms with Crippen molar-refractivity contribution in [3.63, 3.8) is 0 Å². The van der Waals surface area contributed by atoms with Crippen LogP contribution in [0.2, 0.25) is 0 Å². The third-order valence-electron chi connectivity index (χ3n) is 2.21. The molecule has 1 unspecified atom stereocenters. The third kappa shape index (κ3) is 3.26. The normalized spacial score (nSPS) is 19.2. The van der Waals surface area contributed by atoms with Crippen LogP contribution in [0.3, 0.4) is 0 Å². The lowest BCUT2D eigenvalue weighted by molar-refractivity contribution is -0.137. The third-order valence-corrected chi connectivity index (χ3v) is 4.22. The number of aliphatic carboxylic acids is 1. The van der Waals surface area contributed by atoms with Gasteiger partial charge in [-0.3, -0.25) is 4.79 Å². The number of carboxylic acids is 1. The molecule has 0 bridgehead atoms. The lowest BCUT2D eigenvalue weighted by atomic mass is 10.2. The van der Waals surface area contributed by atoms with Crippen molar-refractivity contribution in [1.29, 1.82) is 0 Å². The summed E-state index contributed by atoms with van der Waals surface area (Å²) in [4.78, 5) is 10.4. The van der Waals surface area contributed by atoms with Crippen LogP contribution in [0.25, 0.3) is 0 Å². The summed E-state index contributed by atoms with van der Waals surface area (Å²) in [5, 5.41) is 8.24. The van der Waals surface area contributed by atoms with Crippen LogP contribution >= 0.6 is 0 Å². The van der Waals surface area contributed by atoms with Crippen LogP contribution in [0.1, 0.15) is 32.6 Å². The molecule has 1 fully saturated rings. The SMILES string of the molecule is CCC(CC(=O)O)NS(=O)(=O)C1CC1. The molecule has 0 aromatic heterocycles. The largest absolute Gasteiger partial charge is 0.481 e. The monoisotopic (exact) mass is 221 g/mol. The molecule has 1 rings (SSSR count). The molecule has 0 amide bonds. The Hall–Kier alpha value is -0.620. The van der Waals surface area contributed by atoms with E-state index in [-0.39, 0.29) is 11.7 Å². The smallest absolute Gasteiger partial charge is 0.304 e. The Bertz CT molecular complexity index is 307. The molecule has 0 aromatic rings. The first-order valence-electron chi connectivity index (χ1n) is 4.68. The zero-order valence-electron chi connectivity index (χ0n) is 8.06. The van der Waals surface area contributed by atoms with Gasteiger partial charge < -0.3 is 5.11 Å². The molecule has 0 aliphatic heterocycles. The summed E-state index contributed by atoms with van der Waals surface area (Å²) >= 11 is 0. The van der Waals surface area contributed by atoms with Crippen molar-refractivity contribution in [3.05, 3.63) is 0 Å². The minimum Gasteiger partial charge on any atom is -0.481 e. The Kier molecular flexibility index (Phi) is 3.49. The maximum absolute atomic E-state index is 11.4. The Morgan fingerprint density at radius 3 is 2.50 bits per heavy atom. The summed E-state index contributed by atoms with van der Waals surface area (Å²) in [5.41, 5.74) is 0. The zero-order valence-corrected chi connectivity index (χ0v) is 8.88. The fraction of sp³-hybridized carbons (Fsp3) is 0.875. The molecular formula is C8H15NO4S. The first-order chi connectivity index (χ1) is 6.45. The number of carbonyl (C=O) groups is 1. The molecule has 1 saturated carbocycles. The first-order valence-corrected chi connectivity index (χ1v) is 6.23. The van der Waals surface area contributed by atoms with Crippen LogP contribution in [-0.2, 0) is 14.8 Å². The van der Waals surface area contributed by atoms with Gasteiger partial charge in [0.1, 0.15) is 0 Å². The molecule has 1 aliphatic carbocycles. The number of sulfonamides is 1. The van der Waals surface area contributed by atoms with E-state index in [1.54, 1.807) is 6.92 Å². The number of hydrogen-bond donors (Lipinski definition) is 2. The van der Waals surface area contributed by atoms with Crippen LogP contribution in [-0.4, -0.2) is 30.8 Å². The fourth-order valence-corrected chi connectivity index (χ4v) is 2.85. The van der Waals surface area contributed by atoms with Crippen LogP contribution in [0.5, 0.6) is 0 Å². The van der Waals surface area contributed by atoms with Crippen molar-refractivity contribution in [2.75, 3.05) is 0 Å². The zero-order chi connectivity index (χ0) is 10.8. The van der Waals surface area contributed by atoms with E-state index < -0.39 is 22.0 Å². The maximum Gasteiger partial charge on any atom is 0.304 e. The van der Waals surface area contributed by atoms with Gasteiger partial charge in [0.15, 0.2) is 0 Å². The van der Waals surface area contributed by atoms with Crippen molar-refractivity contribution < 1.29 is 18.3 Å². The molecule has 5 nitrogen and oxygen atoms in total. The molecule has 0 spiro atoms. The second kappa shape index (κ2) is 4.27. The van der Waals surface area contributed by atoms with Crippen molar-refractivity contribution in [1.82, 2.24) is 4.72 Å². The average molecular weight is 221 g/mol. The van der Waals surface area contributed by atoms with Gasteiger partial charge in [-0.15, -0.1) is 0 Å². The van der Waals surface area contributed by atoms with E-state index in [1.165, 1.54) is 0 Å². The number of nitrogens with one attached hydrogen (secondary N) is 1. The molecule has 0 aromatic carbocycles. The van der Waals surface area contributed by atoms with E-state index in [1.807, 2.05) is 0 Å². The van der Waals surface area contributed by atoms with Gasteiger partial charge in [-0.05, 0) is 19.3 Å². The molecule has 0 radical (unpaired) electrons. The molecule has 1 aliphatic rings. The number of rotatable bonds is 6. The van der Waals surface area contributed by atoms with E-state index in [4.69, 9.17) is 5.11 Å². The highest BCUT2D eigenvalue weighted by Gasteiger charge is 2.36. The Morgan fingerprint density at radius 1 is 1.57 bits per heavy atom. The lowest BCUT2D eigenvalue weighted by Gasteiger charge is -2.14.